The Kier molecular flexibility index (Phi) is 4.24. The average molecular weight is 292 g/mol. The number of amides is 1. The van der Waals surface area contributed by atoms with Crippen LogP contribution in [0.3, 0.4) is 0 Å². The van der Waals surface area contributed by atoms with Gasteiger partial charge in [-0.05, 0) is 23.1 Å². The minimum Gasteiger partial charge on any atom is -0.410 e. The number of ether oxygens (including phenoxy) is 1. The molecule has 100 valence electrons. The molecule has 0 heterocycles. The van der Waals surface area contributed by atoms with Gasteiger partial charge < -0.3 is 4.74 Å². The minimum absolute atomic E-state index is 0.103. The molecule has 0 saturated heterocycles. The fourth-order valence-corrected chi connectivity index (χ4v) is 1.68. The smallest absolute Gasteiger partial charge is 0.410 e. The number of benzene rings is 1. The first-order valence-electron chi connectivity index (χ1n) is 5.13. The van der Waals surface area contributed by atoms with Crippen molar-refractivity contribution in [2.24, 2.45) is 0 Å². The van der Waals surface area contributed by atoms with Crippen LogP contribution >= 0.6 is 10.7 Å². The quantitative estimate of drug-likeness (QED) is 0.850. The molecule has 1 N–H and O–H groups in total. The lowest BCUT2D eigenvalue weighted by atomic mass is 9.87. The number of hydrogen-bond acceptors (Lipinski definition) is 4. The van der Waals surface area contributed by atoms with Gasteiger partial charge in [0.1, 0.15) is 5.75 Å². The molecule has 0 aliphatic rings. The molecule has 1 rings (SSSR count). The molecule has 5 nitrogen and oxygen atoms in total. The highest BCUT2D eigenvalue weighted by Gasteiger charge is 2.16. The zero-order chi connectivity index (χ0) is 14.0. The Hall–Kier alpha value is -1.27. The largest absolute Gasteiger partial charge is 0.427 e. The summed E-state index contributed by atoms with van der Waals surface area (Å²) in [6.45, 7) is 6.03. The lowest BCUT2D eigenvalue weighted by molar-refractivity contribution is 0.207. The van der Waals surface area contributed by atoms with Crippen molar-refractivity contribution >= 4 is 26.0 Å². The van der Waals surface area contributed by atoms with Crippen LogP contribution in [0.15, 0.2) is 24.3 Å². The molecule has 0 bridgehead atoms. The molecule has 0 aromatic heterocycles. The number of rotatable bonds is 2. The summed E-state index contributed by atoms with van der Waals surface area (Å²) in [5.41, 5.74) is 0.857. The zero-order valence-electron chi connectivity index (χ0n) is 10.2. The molecule has 0 atom stereocenters. The first-order valence-corrected chi connectivity index (χ1v) is 7.43. The Morgan fingerprint density at radius 3 is 2.44 bits per heavy atom. The summed E-state index contributed by atoms with van der Waals surface area (Å²) < 4.78 is 27.5. The molecule has 0 saturated carbocycles. The van der Waals surface area contributed by atoms with E-state index in [0.717, 1.165) is 5.56 Å². The first-order chi connectivity index (χ1) is 8.08. The normalized spacial score (nSPS) is 12.0. The number of hydrogen-bond donors (Lipinski definition) is 1. The third kappa shape index (κ3) is 4.93. The second-order valence-electron chi connectivity index (χ2n) is 4.71. The molecule has 1 aromatic carbocycles. The Balaban J connectivity index is 2.83. The molecule has 0 aliphatic carbocycles. The standard InChI is InChI=1S/C11H14ClNO4S/c1-11(2,3)8-5-4-6-9(7-8)17-10(14)13-18(12,15)16/h4-7H,1-3H3,(H,13,14). The third-order valence-corrected chi connectivity index (χ3v) is 2.76. The highest BCUT2D eigenvalue weighted by atomic mass is 35.7. The van der Waals surface area contributed by atoms with Gasteiger partial charge in [-0.15, -0.1) is 0 Å². The van der Waals surface area contributed by atoms with Crippen LogP contribution in [0.4, 0.5) is 4.79 Å². The van der Waals surface area contributed by atoms with Crippen molar-refractivity contribution in [3.8, 4) is 5.75 Å². The lowest BCUT2D eigenvalue weighted by Gasteiger charge is -2.19. The van der Waals surface area contributed by atoms with Crippen molar-refractivity contribution < 1.29 is 17.9 Å². The Morgan fingerprint density at radius 2 is 1.94 bits per heavy atom. The van der Waals surface area contributed by atoms with Gasteiger partial charge in [0.2, 0.25) is 0 Å². The fourth-order valence-electron chi connectivity index (χ4n) is 1.25. The van der Waals surface area contributed by atoms with Crippen LogP contribution in [0, 0.1) is 0 Å². The minimum atomic E-state index is -4.13. The Labute approximate surface area is 111 Å². The third-order valence-electron chi connectivity index (χ3n) is 2.12. The van der Waals surface area contributed by atoms with Gasteiger partial charge in [-0.3, -0.25) is 0 Å². The van der Waals surface area contributed by atoms with E-state index in [9.17, 15) is 13.2 Å². The highest BCUT2D eigenvalue weighted by molar-refractivity contribution is 8.12. The monoisotopic (exact) mass is 291 g/mol. The maximum absolute atomic E-state index is 11.2. The van der Waals surface area contributed by atoms with Crippen molar-refractivity contribution in [2.75, 3.05) is 0 Å². The number of nitrogens with one attached hydrogen (secondary N) is 1. The van der Waals surface area contributed by atoms with Crippen molar-refractivity contribution in [1.29, 1.82) is 0 Å². The molecule has 0 fully saturated rings. The Morgan fingerprint density at radius 1 is 1.33 bits per heavy atom. The molecular weight excluding hydrogens is 278 g/mol. The molecule has 1 aromatic rings. The second-order valence-corrected chi connectivity index (χ2v) is 7.01. The van der Waals surface area contributed by atoms with E-state index in [1.807, 2.05) is 26.8 Å². The summed E-state index contributed by atoms with van der Waals surface area (Å²) in [5.74, 6) is 0.250. The molecule has 0 unspecified atom stereocenters. The topological polar surface area (TPSA) is 72.5 Å². The summed E-state index contributed by atoms with van der Waals surface area (Å²) >= 11 is 0. The van der Waals surface area contributed by atoms with Gasteiger partial charge in [-0.25, -0.2) is 9.52 Å². The van der Waals surface area contributed by atoms with Crippen LogP contribution in [-0.2, 0) is 14.7 Å². The van der Waals surface area contributed by atoms with E-state index in [2.05, 4.69) is 0 Å². The fraction of sp³-hybridized carbons (Fsp3) is 0.364. The van der Waals surface area contributed by atoms with Gasteiger partial charge in [-0.2, -0.15) is 8.42 Å². The van der Waals surface area contributed by atoms with Gasteiger partial charge in [-0.1, -0.05) is 32.9 Å². The predicted molar refractivity (Wildman–Crippen MR) is 69.1 cm³/mol. The van der Waals surface area contributed by atoms with Gasteiger partial charge in [0.15, 0.2) is 0 Å². The second kappa shape index (κ2) is 5.16. The molecule has 0 radical (unpaired) electrons. The van der Waals surface area contributed by atoms with Gasteiger partial charge in [0.25, 0.3) is 0 Å². The van der Waals surface area contributed by atoms with E-state index in [0.29, 0.717) is 0 Å². The van der Waals surface area contributed by atoms with E-state index in [1.165, 1.54) is 4.72 Å². The van der Waals surface area contributed by atoms with Gasteiger partial charge >= 0.3 is 15.3 Å². The van der Waals surface area contributed by atoms with E-state index < -0.39 is 15.3 Å². The van der Waals surface area contributed by atoms with E-state index in [4.69, 9.17) is 15.4 Å². The SMILES string of the molecule is CC(C)(C)c1cccc(OC(=O)NS(=O)(=O)Cl)c1. The molecule has 1 amide bonds. The molecule has 7 heteroatoms. The van der Waals surface area contributed by atoms with Crippen molar-refractivity contribution in [2.45, 2.75) is 26.2 Å². The maximum atomic E-state index is 11.2. The number of carbonyl (C=O) groups is 1. The van der Waals surface area contributed by atoms with Crippen LogP contribution in [0.25, 0.3) is 0 Å². The van der Waals surface area contributed by atoms with Crippen LogP contribution < -0.4 is 9.46 Å². The first kappa shape index (κ1) is 14.8. The van der Waals surface area contributed by atoms with E-state index >= 15 is 0 Å². The number of carbonyl (C=O) groups excluding carboxylic acids is 1. The van der Waals surface area contributed by atoms with Crippen LogP contribution in [0.1, 0.15) is 26.3 Å². The Bertz CT molecular complexity index is 548. The van der Waals surface area contributed by atoms with Gasteiger partial charge in [0.05, 0.1) is 0 Å². The summed E-state index contributed by atoms with van der Waals surface area (Å²) in [5, 5.41) is 0. The highest BCUT2D eigenvalue weighted by Crippen LogP contribution is 2.25. The summed E-state index contributed by atoms with van der Waals surface area (Å²) in [6, 6.07) is 6.83. The number of halogens is 1. The summed E-state index contributed by atoms with van der Waals surface area (Å²) in [7, 11) is 0.724. The average Bonchev–Trinajstić information content (AvgIpc) is 2.13. The molecule has 18 heavy (non-hydrogen) atoms. The zero-order valence-corrected chi connectivity index (χ0v) is 11.8. The lowest BCUT2D eigenvalue weighted by Crippen LogP contribution is -2.29. The summed E-state index contributed by atoms with van der Waals surface area (Å²) in [6.07, 6.45) is -1.14. The predicted octanol–water partition coefficient (Wildman–Crippen LogP) is 2.56. The van der Waals surface area contributed by atoms with Crippen molar-refractivity contribution in [3.63, 3.8) is 0 Å². The van der Waals surface area contributed by atoms with Crippen LogP contribution in [-0.4, -0.2) is 14.5 Å². The van der Waals surface area contributed by atoms with Gasteiger partial charge in [0, 0.05) is 10.7 Å². The van der Waals surface area contributed by atoms with Crippen molar-refractivity contribution in [1.82, 2.24) is 4.72 Å². The van der Waals surface area contributed by atoms with Crippen LogP contribution in [0.2, 0.25) is 0 Å². The molecule has 0 aliphatic heterocycles. The van der Waals surface area contributed by atoms with E-state index in [1.54, 1.807) is 18.2 Å². The van der Waals surface area contributed by atoms with Crippen LogP contribution in [0.5, 0.6) is 5.75 Å². The molecule has 0 spiro atoms. The summed E-state index contributed by atoms with van der Waals surface area (Å²) in [4.78, 5) is 11.2. The maximum Gasteiger partial charge on any atom is 0.427 e. The van der Waals surface area contributed by atoms with E-state index in [-0.39, 0.29) is 11.2 Å². The van der Waals surface area contributed by atoms with Crippen molar-refractivity contribution in [3.05, 3.63) is 29.8 Å². The molecular formula is C11H14ClNO4S.